The van der Waals surface area contributed by atoms with E-state index in [2.05, 4.69) is 26.0 Å². The van der Waals surface area contributed by atoms with Crippen molar-refractivity contribution in [3.8, 4) is 0 Å². The van der Waals surface area contributed by atoms with E-state index in [1.807, 2.05) is 11.4 Å². The smallest absolute Gasteiger partial charge is 0.318 e. The molecule has 0 aliphatic rings. The Bertz CT molecular complexity index is 433. The molecule has 1 aromatic rings. The molecule has 4 nitrogen and oxygen atoms in total. The van der Waals surface area contributed by atoms with Crippen LogP contribution < -0.4 is 11.1 Å². The first-order valence-corrected chi connectivity index (χ1v) is 6.27. The predicted octanol–water partition coefficient (Wildman–Crippen LogP) is 1.98. The summed E-state index contributed by atoms with van der Waals surface area (Å²) in [6, 6.07) is 5.37. The highest BCUT2D eigenvalue weighted by Gasteiger charge is 2.04. The quantitative estimate of drug-likeness (QED) is 0.805. The molecular weight excluding hydrogens is 236 g/mol. The number of urea groups is 1. The maximum atomic E-state index is 11.1. The van der Waals surface area contributed by atoms with Gasteiger partial charge in [0.05, 0.1) is 0 Å². The van der Waals surface area contributed by atoms with Crippen molar-refractivity contribution in [1.82, 2.24) is 5.32 Å². The van der Waals surface area contributed by atoms with Crippen molar-refractivity contribution in [1.29, 1.82) is 0 Å². The Labute approximate surface area is 105 Å². The summed E-state index contributed by atoms with van der Waals surface area (Å²) in [7, 11) is 0. The monoisotopic (exact) mass is 252 g/mol. The van der Waals surface area contributed by atoms with Gasteiger partial charge in [0.2, 0.25) is 5.91 Å². The van der Waals surface area contributed by atoms with Gasteiger partial charge in [0.25, 0.3) is 0 Å². The third kappa shape index (κ3) is 4.91. The van der Waals surface area contributed by atoms with E-state index in [9.17, 15) is 9.59 Å². The maximum absolute atomic E-state index is 11.1. The van der Waals surface area contributed by atoms with Gasteiger partial charge in [-0.05, 0) is 37.1 Å². The zero-order chi connectivity index (χ0) is 12.8. The summed E-state index contributed by atoms with van der Waals surface area (Å²) in [4.78, 5) is 22.7. The molecule has 0 saturated heterocycles. The lowest BCUT2D eigenvalue weighted by Crippen LogP contribution is -2.35. The van der Waals surface area contributed by atoms with Crippen molar-refractivity contribution >= 4 is 23.7 Å². The van der Waals surface area contributed by atoms with Crippen LogP contribution in [0.25, 0.3) is 0 Å². The molecule has 0 bridgehead atoms. The largest absolute Gasteiger partial charge is 0.351 e. The molecule has 1 rings (SSSR count). The van der Waals surface area contributed by atoms with Crippen LogP contribution in [0.15, 0.2) is 23.1 Å². The highest BCUT2D eigenvalue weighted by Crippen LogP contribution is 2.21. The number of hydrogen-bond acceptors (Lipinski definition) is 3. The van der Waals surface area contributed by atoms with Crippen LogP contribution in [0.2, 0.25) is 0 Å². The lowest BCUT2D eigenvalue weighted by molar-refractivity contribution is -0.119. The van der Waals surface area contributed by atoms with E-state index in [-0.39, 0.29) is 12.3 Å². The Morgan fingerprint density at radius 1 is 1.29 bits per heavy atom. The molecule has 0 aromatic heterocycles. The molecule has 1 aromatic carbocycles. The van der Waals surface area contributed by atoms with Gasteiger partial charge in [-0.2, -0.15) is 0 Å². The zero-order valence-electron chi connectivity index (χ0n) is 9.95. The average molecular weight is 252 g/mol. The molecule has 0 aliphatic carbocycles. The highest BCUT2D eigenvalue weighted by molar-refractivity contribution is 7.99. The summed E-state index contributed by atoms with van der Waals surface area (Å²) < 4.78 is 0. The number of nitrogens with one attached hydrogen (secondary N) is 1. The third-order valence-corrected chi connectivity index (χ3v) is 3.33. The van der Waals surface area contributed by atoms with E-state index in [0.29, 0.717) is 5.75 Å². The van der Waals surface area contributed by atoms with Gasteiger partial charge in [-0.15, -0.1) is 11.8 Å². The Kier molecular flexibility index (Phi) is 5.03. The Morgan fingerprint density at radius 3 is 2.59 bits per heavy atom. The number of carbonyl (C=O) groups excluding carboxylic acids is 2. The van der Waals surface area contributed by atoms with Gasteiger partial charge in [-0.1, -0.05) is 6.07 Å². The number of imide groups is 1. The molecule has 0 saturated carbocycles. The number of nitrogens with two attached hydrogens (primary N) is 1. The Morgan fingerprint density at radius 2 is 2.00 bits per heavy atom. The van der Waals surface area contributed by atoms with Crippen LogP contribution in [0, 0.1) is 13.8 Å². The number of primary amides is 1. The Balaban J connectivity index is 2.38. The zero-order valence-corrected chi connectivity index (χ0v) is 10.8. The molecule has 0 unspecified atom stereocenters. The van der Waals surface area contributed by atoms with E-state index in [1.54, 1.807) is 11.8 Å². The maximum Gasteiger partial charge on any atom is 0.318 e. The summed E-state index contributed by atoms with van der Waals surface area (Å²) in [6.07, 6.45) is 0.278. The van der Waals surface area contributed by atoms with E-state index in [4.69, 9.17) is 5.73 Å². The van der Waals surface area contributed by atoms with Gasteiger partial charge in [-0.3, -0.25) is 10.1 Å². The summed E-state index contributed by atoms with van der Waals surface area (Å²) in [5.74, 6) is 0.288. The fraction of sp³-hybridized carbons (Fsp3) is 0.333. The minimum atomic E-state index is -0.800. The van der Waals surface area contributed by atoms with Gasteiger partial charge in [0.1, 0.15) is 0 Å². The molecule has 0 radical (unpaired) electrons. The lowest BCUT2D eigenvalue weighted by Gasteiger charge is -2.05. The highest BCUT2D eigenvalue weighted by atomic mass is 32.2. The van der Waals surface area contributed by atoms with Crippen molar-refractivity contribution in [3.05, 3.63) is 29.3 Å². The molecule has 0 heterocycles. The molecule has 0 spiro atoms. The first kappa shape index (κ1) is 13.6. The number of benzene rings is 1. The van der Waals surface area contributed by atoms with Crippen LogP contribution in [-0.2, 0) is 4.79 Å². The van der Waals surface area contributed by atoms with Crippen LogP contribution in [0.4, 0.5) is 4.79 Å². The van der Waals surface area contributed by atoms with Gasteiger partial charge >= 0.3 is 6.03 Å². The first-order valence-electron chi connectivity index (χ1n) is 5.28. The van der Waals surface area contributed by atoms with Gasteiger partial charge < -0.3 is 5.73 Å². The first-order chi connectivity index (χ1) is 7.99. The van der Waals surface area contributed by atoms with Crippen LogP contribution >= 0.6 is 11.8 Å². The molecule has 17 heavy (non-hydrogen) atoms. The molecule has 92 valence electrons. The van der Waals surface area contributed by atoms with E-state index >= 15 is 0 Å². The van der Waals surface area contributed by atoms with Crippen LogP contribution in [0.3, 0.4) is 0 Å². The van der Waals surface area contributed by atoms with Crippen molar-refractivity contribution < 1.29 is 9.59 Å². The molecule has 3 N–H and O–H groups in total. The normalized spacial score (nSPS) is 10.0. The van der Waals surface area contributed by atoms with Crippen molar-refractivity contribution in [2.24, 2.45) is 5.73 Å². The van der Waals surface area contributed by atoms with E-state index in [0.717, 1.165) is 4.90 Å². The molecule has 0 aliphatic heterocycles. The summed E-state index contributed by atoms with van der Waals surface area (Å²) in [5.41, 5.74) is 7.32. The van der Waals surface area contributed by atoms with Gasteiger partial charge in [0, 0.05) is 17.1 Å². The molecular formula is C12H16N2O2S. The number of rotatable bonds is 4. The number of aryl methyl sites for hydroxylation is 2. The van der Waals surface area contributed by atoms with Crippen molar-refractivity contribution in [2.45, 2.75) is 25.2 Å². The summed E-state index contributed by atoms with van der Waals surface area (Å²) in [5, 5.41) is 2.04. The summed E-state index contributed by atoms with van der Waals surface area (Å²) >= 11 is 1.59. The number of hydrogen-bond donors (Lipinski definition) is 2. The third-order valence-electron chi connectivity index (χ3n) is 2.34. The second-order valence-corrected chi connectivity index (χ2v) is 4.93. The minimum absolute atomic E-state index is 0.278. The molecule has 0 fully saturated rings. The van der Waals surface area contributed by atoms with Gasteiger partial charge in [-0.25, -0.2) is 4.79 Å². The van der Waals surface area contributed by atoms with E-state index < -0.39 is 6.03 Å². The fourth-order valence-corrected chi connectivity index (χ4v) is 2.21. The molecule has 3 amide bonds. The second-order valence-electron chi connectivity index (χ2n) is 3.76. The van der Waals surface area contributed by atoms with Crippen LogP contribution in [0.1, 0.15) is 17.5 Å². The van der Waals surface area contributed by atoms with E-state index in [1.165, 1.54) is 11.1 Å². The topological polar surface area (TPSA) is 72.2 Å². The summed E-state index contributed by atoms with van der Waals surface area (Å²) in [6.45, 7) is 4.11. The Hall–Kier alpha value is -1.49. The van der Waals surface area contributed by atoms with Crippen molar-refractivity contribution in [2.75, 3.05) is 5.75 Å². The number of carbonyl (C=O) groups is 2. The average Bonchev–Trinajstić information content (AvgIpc) is 2.22. The fourth-order valence-electron chi connectivity index (χ4n) is 1.27. The van der Waals surface area contributed by atoms with Crippen molar-refractivity contribution in [3.63, 3.8) is 0 Å². The molecule has 5 heteroatoms. The number of thioether (sulfide) groups is 1. The molecule has 0 atom stereocenters. The SMILES string of the molecule is Cc1ccc(SCCC(=O)NC(N)=O)cc1C. The predicted molar refractivity (Wildman–Crippen MR) is 69.0 cm³/mol. The van der Waals surface area contributed by atoms with Gasteiger partial charge in [0.15, 0.2) is 0 Å². The van der Waals surface area contributed by atoms with Crippen LogP contribution in [0.5, 0.6) is 0 Å². The number of amides is 3. The second kappa shape index (κ2) is 6.30. The lowest BCUT2D eigenvalue weighted by atomic mass is 10.1. The minimum Gasteiger partial charge on any atom is -0.351 e. The standard InChI is InChI=1S/C12H16N2O2S/c1-8-3-4-10(7-9(8)2)17-6-5-11(15)14-12(13)16/h3-4,7H,5-6H2,1-2H3,(H3,13,14,15,16). The van der Waals surface area contributed by atoms with Crippen LogP contribution in [-0.4, -0.2) is 17.7 Å².